The topological polar surface area (TPSA) is 67.1 Å². The third kappa shape index (κ3) is 5.01. The normalized spacial score (nSPS) is 23.8. The molecule has 4 heteroatoms. The van der Waals surface area contributed by atoms with Crippen molar-refractivity contribution in [2.45, 2.75) is 76.3 Å². The minimum absolute atomic E-state index is 0.0295. The van der Waals surface area contributed by atoms with Crippen LogP contribution in [0, 0.1) is 5.92 Å². The molecule has 1 unspecified atom stereocenters. The largest absolute Gasteiger partial charge is 0.337 e. The zero-order valence-electron chi connectivity index (χ0n) is 12.0. The Bertz CT molecular complexity index is 271. The van der Waals surface area contributed by atoms with E-state index in [1.54, 1.807) is 0 Å². The summed E-state index contributed by atoms with van der Waals surface area (Å²) < 4.78 is 0. The maximum absolute atomic E-state index is 11.8. The minimum Gasteiger partial charge on any atom is -0.337 e. The van der Waals surface area contributed by atoms with Gasteiger partial charge >= 0.3 is 6.03 Å². The van der Waals surface area contributed by atoms with Crippen LogP contribution < -0.4 is 16.4 Å². The fourth-order valence-electron chi connectivity index (χ4n) is 3.42. The van der Waals surface area contributed by atoms with Crippen molar-refractivity contribution in [2.24, 2.45) is 11.7 Å². The lowest BCUT2D eigenvalue weighted by Gasteiger charge is -2.28. The molecule has 0 spiro atoms. The van der Waals surface area contributed by atoms with Gasteiger partial charge in [-0.15, -0.1) is 0 Å². The Balaban J connectivity index is 1.61. The number of hydrogen-bond donors (Lipinski definition) is 3. The highest BCUT2D eigenvalue weighted by molar-refractivity contribution is 5.74. The first-order chi connectivity index (χ1) is 9.25. The average molecular weight is 267 g/mol. The Morgan fingerprint density at radius 3 is 2.21 bits per heavy atom. The number of rotatable bonds is 4. The molecule has 19 heavy (non-hydrogen) atoms. The Labute approximate surface area is 116 Å². The lowest BCUT2D eigenvalue weighted by Crippen LogP contribution is -2.48. The Hall–Kier alpha value is -0.770. The summed E-state index contributed by atoms with van der Waals surface area (Å²) >= 11 is 0. The van der Waals surface area contributed by atoms with Gasteiger partial charge in [0.1, 0.15) is 0 Å². The Kier molecular flexibility index (Phi) is 5.95. The summed E-state index contributed by atoms with van der Waals surface area (Å²) in [5, 5.41) is 6.02. The number of amides is 2. The molecule has 1 atom stereocenters. The van der Waals surface area contributed by atoms with E-state index in [2.05, 4.69) is 10.6 Å². The van der Waals surface area contributed by atoms with Gasteiger partial charge in [0.25, 0.3) is 0 Å². The van der Waals surface area contributed by atoms with Crippen LogP contribution in [0.1, 0.15) is 64.2 Å². The first-order valence-corrected chi connectivity index (χ1v) is 8.05. The maximum Gasteiger partial charge on any atom is 0.315 e. The molecule has 2 amide bonds. The van der Waals surface area contributed by atoms with E-state index in [-0.39, 0.29) is 12.1 Å². The van der Waals surface area contributed by atoms with E-state index in [0.29, 0.717) is 18.5 Å². The smallest absolute Gasteiger partial charge is 0.315 e. The van der Waals surface area contributed by atoms with Crippen molar-refractivity contribution in [3.63, 3.8) is 0 Å². The summed E-state index contributed by atoms with van der Waals surface area (Å²) in [4.78, 5) is 11.8. The van der Waals surface area contributed by atoms with E-state index in [1.165, 1.54) is 51.4 Å². The summed E-state index contributed by atoms with van der Waals surface area (Å²) in [6.07, 6.45) is 12.5. The highest BCUT2D eigenvalue weighted by Crippen LogP contribution is 2.25. The number of carbonyl (C=O) groups is 1. The number of carbonyl (C=O) groups excluding carboxylic acids is 1. The van der Waals surface area contributed by atoms with Crippen LogP contribution >= 0.6 is 0 Å². The summed E-state index contributed by atoms with van der Waals surface area (Å²) in [6.45, 7) is 0.614. The molecule has 110 valence electrons. The predicted octanol–water partition coefficient (Wildman–Crippen LogP) is 2.53. The number of urea groups is 1. The molecule has 2 fully saturated rings. The van der Waals surface area contributed by atoms with Crippen molar-refractivity contribution in [3.8, 4) is 0 Å². The molecule has 0 aromatic rings. The first kappa shape index (κ1) is 14.6. The average Bonchev–Trinajstić information content (AvgIpc) is 2.47. The molecule has 4 nitrogen and oxygen atoms in total. The lowest BCUT2D eigenvalue weighted by molar-refractivity contribution is 0.228. The van der Waals surface area contributed by atoms with E-state index >= 15 is 0 Å². The van der Waals surface area contributed by atoms with Crippen molar-refractivity contribution >= 4 is 6.03 Å². The molecule has 2 aliphatic carbocycles. The van der Waals surface area contributed by atoms with Gasteiger partial charge in [-0.2, -0.15) is 0 Å². The van der Waals surface area contributed by atoms with Gasteiger partial charge in [0.2, 0.25) is 0 Å². The van der Waals surface area contributed by atoms with Crippen molar-refractivity contribution in [1.82, 2.24) is 10.6 Å². The van der Waals surface area contributed by atoms with Gasteiger partial charge in [-0.3, -0.25) is 0 Å². The van der Waals surface area contributed by atoms with Crippen LogP contribution in [0.4, 0.5) is 4.79 Å². The van der Waals surface area contributed by atoms with Crippen molar-refractivity contribution in [2.75, 3.05) is 6.54 Å². The van der Waals surface area contributed by atoms with E-state index in [0.717, 1.165) is 12.8 Å². The number of nitrogens with two attached hydrogens (primary N) is 1. The van der Waals surface area contributed by atoms with Gasteiger partial charge < -0.3 is 16.4 Å². The fraction of sp³-hybridized carbons (Fsp3) is 0.933. The van der Waals surface area contributed by atoms with Gasteiger partial charge in [0, 0.05) is 18.6 Å². The predicted molar refractivity (Wildman–Crippen MR) is 78.0 cm³/mol. The molecule has 0 aromatic carbocycles. The Morgan fingerprint density at radius 1 is 1.00 bits per heavy atom. The highest BCUT2D eigenvalue weighted by atomic mass is 16.2. The second-order valence-electron chi connectivity index (χ2n) is 6.25. The number of hydrogen-bond acceptors (Lipinski definition) is 2. The standard InChI is InChI=1S/C15H29N3O/c16-14(12-7-3-1-4-8-12)11-17-15(19)18-13-9-5-2-6-10-13/h12-14H,1-11,16H2,(H2,17,18,19). The van der Waals surface area contributed by atoms with Crippen LogP contribution in [0.5, 0.6) is 0 Å². The monoisotopic (exact) mass is 267 g/mol. The summed E-state index contributed by atoms with van der Waals surface area (Å²) in [7, 11) is 0. The SMILES string of the molecule is NC(CNC(=O)NC1CCCCC1)C1CCCCC1. The molecular formula is C15H29N3O. The lowest BCUT2D eigenvalue weighted by atomic mass is 9.84. The van der Waals surface area contributed by atoms with Crippen LogP contribution in [0.3, 0.4) is 0 Å². The van der Waals surface area contributed by atoms with Crippen molar-refractivity contribution in [1.29, 1.82) is 0 Å². The Morgan fingerprint density at radius 2 is 1.58 bits per heavy atom. The zero-order valence-corrected chi connectivity index (χ0v) is 12.0. The van der Waals surface area contributed by atoms with E-state index in [4.69, 9.17) is 5.73 Å². The molecule has 4 N–H and O–H groups in total. The molecule has 2 saturated carbocycles. The van der Waals surface area contributed by atoms with Gasteiger partial charge in [0.15, 0.2) is 0 Å². The third-order valence-electron chi connectivity index (χ3n) is 4.69. The van der Waals surface area contributed by atoms with Gasteiger partial charge in [-0.25, -0.2) is 4.79 Å². The van der Waals surface area contributed by atoms with Crippen molar-refractivity contribution < 1.29 is 4.79 Å². The molecule has 2 rings (SSSR count). The molecule has 2 aliphatic rings. The molecule has 0 aromatic heterocycles. The minimum atomic E-state index is -0.0295. The van der Waals surface area contributed by atoms with E-state index in [9.17, 15) is 4.79 Å². The molecule has 0 bridgehead atoms. The van der Waals surface area contributed by atoms with E-state index in [1.807, 2.05) is 0 Å². The van der Waals surface area contributed by atoms with Gasteiger partial charge in [-0.05, 0) is 31.6 Å². The van der Waals surface area contributed by atoms with Crippen LogP contribution in [0.2, 0.25) is 0 Å². The van der Waals surface area contributed by atoms with Crippen LogP contribution in [0.15, 0.2) is 0 Å². The quantitative estimate of drug-likeness (QED) is 0.732. The van der Waals surface area contributed by atoms with Crippen LogP contribution in [-0.2, 0) is 0 Å². The number of nitrogens with one attached hydrogen (secondary N) is 2. The second-order valence-corrected chi connectivity index (χ2v) is 6.25. The molecule has 0 saturated heterocycles. The van der Waals surface area contributed by atoms with Crippen LogP contribution in [-0.4, -0.2) is 24.7 Å². The molecule has 0 aliphatic heterocycles. The molecular weight excluding hydrogens is 238 g/mol. The highest BCUT2D eigenvalue weighted by Gasteiger charge is 2.21. The fourth-order valence-corrected chi connectivity index (χ4v) is 3.42. The molecule has 0 heterocycles. The summed E-state index contributed by atoms with van der Waals surface area (Å²) in [5.41, 5.74) is 6.19. The summed E-state index contributed by atoms with van der Waals surface area (Å²) in [5.74, 6) is 0.601. The summed E-state index contributed by atoms with van der Waals surface area (Å²) in [6, 6.07) is 0.468. The van der Waals surface area contributed by atoms with Gasteiger partial charge in [0.05, 0.1) is 0 Å². The zero-order chi connectivity index (χ0) is 13.5. The van der Waals surface area contributed by atoms with Gasteiger partial charge in [-0.1, -0.05) is 38.5 Å². The van der Waals surface area contributed by atoms with Crippen LogP contribution in [0.25, 0.3) is 0 Å². The van der Waals surface area contributed by atoms with E-state index < -0.39 is 0 Å². The maximum atomic E-state index is 11.8. The third-order valence-corrected chi connectivity index (χ3v) is 4.69. The van der Waals surface area contributed by atoms with Crippen molar-refractivity contribution in [3.05, 3.63) is 0 Å². The second kappa shape index (κ2) is 7.73. The first-order valence-electron chi connectivity index (χ1n) is 8.05. The molecule has 0 radical (unpaired) electrons.